The normalized spacial score (nSPS) is 13.7. The van der Waals surface area contributed by atoms with Crippen LogP contribution in [0.1, 0.15) is 50.5 Å². The van der Waals surface area contributed by atoms with E-state index in [2.05, 4.69) is 10.6 Å². The fraction of sp³-hybridized carbons (Fsp3) is 0.407. The number of hydrogen-bond acceptors (Lipinski definition) is 4. The van der Waals surface area contributed by atoms with E-state index in [4.69, 9.17) is 0 Å². The van der Waals surface area contributed by atoms with Crippen molar-refractivity contribution in [1.82, 2.24) is 14.5 Å². The third kappa shape index (κ3) is 6.07. The van der Waals surface area contributed by atoms with E-state index in [1.807, 2.05) is 19.1 Å². The molecule has 2 amide bonds. The minimum atomic E-state index is -0.525. The van der Waals surface area contributed by atoms with Crippen molar-refractivity contribution in [3.8, 4) is 0 Å². The van der Waals surface area contributed by atoms with Gasteiger partial charge in [0.05, 0.1) is 10.9 Å². The molecule has 0 radical (unpaired) electrons. The Kier molecular flexibility index (Phi) is 7.80. The van der Waals surface area contributed by atoms with E-state index in [9.17, 15) is 19.2 Å². The molecule has 35 heavy (non-hydrogen) atoms. The van der Waals surface area contributed by atoms with Gasteiger partial charge in [-0.15, -0.1) is 0 Å². The van der Waals surface area contributed by atoms with Gasteiger partial charge in [0.25, 0.3) is 5.56 Å². The van der Waals surface area contributed by atoms with Crippen molar-refractivity contribution in [3.05, 3.63) is 74.9 Å². The number of rotatable bonds is 9. The van der Waals surface area contributed by atoms with Crippen LogP contribution in [0.4, 0.5) is 5.69 Å². The van der Waals surface area contributed by atoms with Gasteiger partial charge in [0, 0.05) is 24.7 Å². The first-order chi connectivity index (χ1) is 16.9. The molecule has 2 N–H and O–H groups in total. The second-order valence-electron chi connectivity index (χ2n) is 9.26. The SMILES string of the molecule is Cc1ccc(NC(=O)Cn2c(=O)n(CCCCC(=O)NC3CCCC3)c(=O)c3ccccc32)cc1. The van der Waals surface area contributed by atoms with E-state index in [1.54, 1.807) is 36.4 Å². The van der Waals surface area contributed by atoms with Crippen LogP contribution in [0.15, 0.2) is 58.1 Å². The highest BCUT2D eigenvalue weighted by Crippen LogP contribution is 2.18. The summed E-state index contributed by atoms with van der Waals surface area (Å²) in [6.07, 6.45) is 5.85. The third-order valence-corrected chi connectivity index (χ3v) is 6.53. The highest BCUT2D eigenvalue weighted by molar-refractivity contribution is 5.91. The fourth-order valence-electron chi connectivity index (χ4n) is 4.63. The molecule has 4 rings (SSSR count). The maximum absolute atomic E-state index is 13.3. The molecule has 0 spiro atoms. The van der Waals surface area contributed by atoms with Gasteiger partial charge in [-0.1, -0.05) is 42.7 Å². The summed E-state index contributed by atoms with van der Waals surface area (Å²) in [4.78, 5) is 51.2. The molecule has 1 saturated carbocycles. The van der Waals surface area contributed by atoms with E-state index in [-0.39, 0.29) is 36.5 Å². The van der Waals surface area contributed by atoms with Gasteiger partial charge in [0.1, 0.15) is 6.54 Å². The number of aromatic nitrogens is 2. The Balaban J connectivity index is 1.47. The lowest BCUT2D eigenvalue weighted by atomic mass is 10.2. The summed E-state index contributed by atoms with van der Waals surface area (Å²) in [5.41, 5.74) is 1.24. The summed E-state index contributed by atoms with van der Waals surface area (Å²) >= 11 is 0. The molecule has 0 bridgehead atoms. The van der Waals surface area contributed by atoms with Crippen LogP contribution in [0.25, 0.3) is 10.9 Å². The number of hydrogen-bond donors (Lipinski definition) is 2. The van der Waals surface area contributed by atoms with Crippen LogP contribution < -0.4 is 21.9 Å². The molecule has 1 aromatic heterocycles. The van der Waals surface area contributed by atoms with Gasteiger partial charge >= 0.3 is 5.69 Å². The minimum absolute atomic E-state index is 0.0212. The number of carbonyl (C=O) groups is 2. The highest BCUT2D eigenvalue weighted by atomic mass is 16.2. The summed E-state index contributed by atoms with van der Waals surface area (Å²) in [6.45, 7) is 1.94. The van der Waals surface area contributed by atoms with Crippen LogP contribution in [0, 0.1) is 6.92 Å². The standard InChI is InChI=1S/C27H32N4O4/c1-19-13-15-21(16-14-19)29-25(33)18-31-23-11-5-4-10-22(23)26(34)30(27(31)35)17-7-6-12-24(32)28-20-8-2-3-9-20/h4-5,10-11,13-16,20H,2-3,6-9,12,17-18H2,1H3,(H,28,32)(H,29,33). The molecule has 3 aromatic rings. The maximum Gasteiger partial charge on any atom is 0.331 e. The lowest BCUT2D eigenvalue weighted by molar-refractivity contribution is -0.122. The number of aryl methyl sites for hydroxylation is 1. The predicted molar refractivity (Wildman–Crippen MR) is 137 cm³/mol. The van der Waals surface area contributed by atoms with Crippen molar-refractivity contribution in [2.24, 2.45) is 0 Å². The van der Waals surface area contributed by atoms with Gasteiger partial charge in [0.2, 0.25) is 11.8 Å². The average Bonchev–Trinajstić information content (AvgIpc) is 3.35. The number of fused-ring (bicyclic) bond motifs is 1. The Bertz CT molecular complexity index is 1320. The quantitative estimate of drug-likeness (QED) is 0.463. The van der Waals surface area contributed by atoms with Crippen LogP contribution in [-0.2, 0) is 22.7 Å². The van der Waals surface area contributed by atoms with E-state index in [0.717, 1.165) is 31.2 Å². The van der Waals surface area contributed by atoms with Crippen LogP contribution in [0.5, 0.6) is 0 Å². The zero-order valence-electron chi connectivity index (χ0n) is 20.1. The highest BCUT2D eigenvalue weighted by Gasteiger charge is 2.18. The molecule has 0 unspecified atom stereocenters. The first-order valence-electron chi connectivity index (χ1n) is 12.3. The van der Waals surface area contributed by atoms with Gasteiger partial charge < -0.3 is 10.6 Å². The summed E-state index contributed by atoms with van der Waals surface area (Å²) in [7, 11) is 0. The summed E-state index contributed by atoms with van der Waals surface area (Å²) in [5, 5.41) is 6.25. The van der Waals surface area contributed by atoms with Crippen molar-refractivity contribution >= 4 is 28.4 Å². The fourth-order valence-corrected chi connectivity index (χ4v) is 4.63. The van der Waals surface area contributed by atoms with Crippen LogP contribution >= 0.6 is 0 Å². The van der Waals surface area contributed by atoms with Crippen molar-refractivity contribution in [1.29, 1.82) is 0 Å². The molecule has 8 nitrogen and oxygen atoms in total. The van der Waals surface area contributed by atoms with Crippen molar-refractivity contribution < 1.29 is 9.59 Å². The molecule has 1 heterocycles. The van der Waals surface area contributed by atoms with E-state index >= 15 is 0 Å². The number of benzene rings is 2. The predicted octanol–water partition coefficient (Wildman–Crippen LogP) is 3.34. The average molecular weight is 477 g/mol. The summed E-state index contributed by atoms with van der Waals surface area (Å²) in [6, 6.07) is 14.5. The lowest BCUT2D eigenvalue weighted by Crippen LogP contribution is -2.41. The number of nitrogens with one attached hydrogen (secondary N) is 2. The minimum Gasteiger partial charge on any atom is -0.353 e. The number of amides is 2. The van der Waals surface area contributed by atoms with Gasteiger partial charge in [-0.05, 0) is 56.9 Å². The number of unbranched alkanes of at least 4 members (excludes halogenated alkanes) is 1. The summed E-state index contributed by atoms with van der Waals surface area (Å²) < 4.78 is 2.52. The Morgan fingerprint density at radius 3 is 2.37 bits per heavy atom. The zero-order chi connectivity index (χ0) is 24.8. The number of anilines is 1. The first-order valence-corrected chi connectivity index (χ1v) is 12.3. The van der Waals surface area contributed by atoms with Crippen LogP contribution in [0.2, 0.25) is 0 Å². The van der Waals surface area contributed by atoms with Crippen molar-refractivity contribution in [2.45, 2.75) is 71.0 Å². The van der Waals surface area contributed by atoms with Gasteiger partial charge in [0.15, 0.2) is 0 Å². The van der Waals surface area contributed by atoms with Crippen LogP contribution in [0.3, 0.4) is 0 Å². The van der Waals surface area contributed by atoms with Gasteiger partial charge in [-0.2, -0.15) is 0 Å². The Morgan fingerprint density at radius 1 is 0.914 bits per heavy atom. The Hall–Kier alpha value is -3.68. The molecule has 8 heteroatoms. The molecular weight excluding hydrogens is 444 g/mol. The second kappa shape index (κ2) is 11.2. The number of para-hydroxylation sites is 1. The summed E-state index contributed by atoms with van der Waals surface area (Å²) in [5.74, 6) is -0.331. The first kappa shape index (κ1) is 24.4. The molecule has 2 aromatic carbocycles. The van der Waals surface area contributed by atoms with E-state index < -0.39 is 5.69 Å². The van der Waals surface area contributed by atoms with E-state index in [0.29, 0.717) is 35.9 Å². The molecule has 1 aliphatic carbocycles. The largest absolute Gasteiger partial charge is 0.353 e. The lowest BCUT2D eigenvalue weighted by Gasteiger charge is -2.14. The molecular formula is C27H32N4O4. The number of carbonyl (C=O) groups excluding carboxylic acids is 2. The Morgan fingerprint density at radius 2 is 1.63 bits per heavy atom. The smallest absolute Gasteiger partial charge is 0.331 e. The van der Waals surface area contributed by atoms with E-state index in [1.165, 1.54) is 9.13 Å². The maximum atomic E-state index is 13.3. The zero-order valence-corrected chi connectivity index (χ0v) is 20.1. The number of nitrogens with zero attached hydrogens (tertiary/aromatic N) is 2. The molecule has 0 atom stereocenters. The second-order valence-corrected chi connectivity index (χ2v) is 9.26. The molecule has 184 valence electrons. The Labute approximate surface area is 204 Å². The topological polar surface area (TPSA) is 102 Å². The van der Waals surface area contributed by atoms with Gasteiger partial charge in [-0.25, -0.2) is 4.79 Å². The van der Waals surface area contributed by atoms with Crippen molar-refractivity contribution in [3.63, 3.8) is 0 Å². The molecule has 0 saturated heterocycles. The van der Waals surface area contributed by atoms with Gasteiger partial charge in [-0.3, -0.25) is 23.5 Å². The molecule has 1 fully saturated rings. The van der Waals surface area contributed by atoms with Crippen LogP contribution in [-0.4, -0.2) is 27.0 Å². The van der Waals surface area contributed by atoms with Crippen molar-refractivity contribution in [2.75, 3.05) is 5.32 Å². The molecule has 0 aliphatic heterocycles. The molecule has 1 aliphatic rings. The monoisotopic (exact) mass is 476 g/mol. The third-order valence-electron chi connectivity index (χ3n) is 6.53.